The Bertz CT molecular complexity index is 910. The van der Waals surface area contributed by atoms with Gasteiger partial charge in [-0.1, -0.05) is 18.2 Å². The van der Waals surface area contributed by atoms with Gasteiger partial charge in [0.15, 0.2) is 11.5 Å². The predicted molar refractivity (Wildman–Crippen MR) is 99.5 cm³/mol. The molecule has 2 N–H and O–H groups in total. The van der Waals surface area contributed by atoms with E-state index in [1.807, 2.05) is 17.0 Å². The highest BCUT2D eigenvalue weighted by Gasteiger charge is 2.47. The number of aliphatic carboxylic acids is 1. The van der Waals surface area contributed by atoms with E-state index in [0.717, 1.165) is 11.1 Å². The molecule has 2 aliphatic rings. The molecule has 0 aliphatic carbocycles. The molecule has 1 fully saturated rings. The summed E-state index contributed by atoms with van der Waals surface area (Å²) in [6.07, 6.45) is 0. The number of rotatable bonds is 5. The lowest BCUT2D eigenvalue weighted by molar-refractivity contribution is -0.143. The predicted octanol–water partition coefficient (Wildman–Crippen LogP) is 2.55. The number of aromatic hydroxyl groups is 1. The summed E-state index contributed by atoms with van der Waals surface area (Å²) in [4.78, 5) is 26.0. The number of carbonyl (C=O) groups is 2. The summed E-state index contributed by atoms with van der Waals surface area (Å²) < 4.78 is 10.8. The highest BCUT2D eigenvalue weighted by Crippen LogP contribution is 2.47. The zero-order valence-corrected chi connectivity index (χ0v) is 15.4. The minimum Gasteiger partial charge on any atom is -0.508 e. The van der Waals surface area contributed by atoms with Crippen molar-refractivity contribution in [2.24, 2.45) is 5.92 Å². The van der Waals surface area contributed by atoms with Crippen LogP contribution in [0, 0.1) is 5.92 Å². The number of hydrogen-bond donors (Lipinski definition) is 2. The molecule has 0 amide bonds. The van der Waals surface area contributed by atoms with Crippen LogP contribution >= 0.6 is 0 Å². The minimum atomic E-state index is -0.924. The van der Waals surface area contributed by atoms with Gasteiger partial charge in [-0.05, 0) is 42.3 Å². The molecular weight excluding hydrogens is 362 g/mol. The number of fused-ring (bicyclic) bond motifs is 1. The Morgan fingerprint density at radius 1 is 1.07 bits per heavy atom. The highest BCUT2D eigenvalue weighted by atomic mass is 16.7. The summed E-state index contributed by atoms with van der Waals surface area (Å²) in [6.45, 7) is 2.24. The lowest BCUT2D eigenvalue weighted by Crippen LogP contribution is -2.31. The van der Waals surface area contributed by atoms with Crippen LogP contribution in [0.25, 0.3) is 0 Å². The summed E-state index contributed by atoms with van der Waals surface area (Å²) >= 11 is 0. The Morgan fingerprint density at radius 2 is 1.75 bits per heavy atom. The van der Waals surface area contributed by atoms with Crippen LogP contribution in [0.5, 0.6) is 17.2 Å². The molecule has 2 aromatic rings. The second-order valence-corrected chi connectivity index (χ2v) is 7.25. The zero-order valence-electron chi connectivity index (χ0n) is 15.4. The van der Waals surface area contributed by atoms with E-state index in [9.17, 15) is 19.8 Å². The molecule has 4 rings (SSSR count). The molecule has 0 saturated carbocycles. The van der Waals surface area contributed by atoms with Crippen LogP contribution in [-0.4, -0.2) is 46.7 Å². The number of carbonyl (C=O) groups excluding carboxylic acids is 1. The van der Waals surface area contributed by atoms with Gasteiger partial charge in [-0.25, -0.2) is 0 Å². The van der Waals surface area contributed by atoms with Crippen LogP contribution in [0.1, 0.15) is 30.0 Å². The van der Waals surface area contributed by atoms with Crippen LogP contribution in [0.3, 0.4) is 0 Å². The Labute approximate surface area is 162 Å². The topological polar surface area (TPSA) is 96.3 Å². The first-order valence-corrected chi connectivity index (χ1v) is 9.09. The number of carboxylic acids is 1. The Morgan fingerprint density at radius 3 is 2.43 bits per heavy atom. The quantitative estimate of drug-likeness (QED) is 0.819. The smallest absolute Gasteiger partial charge is 0.309 e. The van der Waals surface area contributed by atoms with Crippen molar-refractivity contribution in [3.05, 3.63) is 53.6 Å². The molecule has 3 atom stereocenters. The molecule has 2 aliphatic heterocycles. The maximum atomic E-state index is 12.3. The van der Waals surface area contributed by atoms with Crippen molar-refractivity contribution >= 4 is 11.8 Å². The Balaban J connectivity index is 1.75. The summed E-state index contributed by atoms with van der Waals surface area (Å²) in [5.41, 5.74) is 1.60. The van der Waals surface area contributed by atoms with E-state index in [1.165, 1.54) is 19.1 Å². The van der Waals surface area contributed by atoms with Crippen molar-refractivity contribution in [2.75, 3.05) is 19.9 Å². The van der Waals surface area contributed by atoms with Gasteiger partial charge >= 0.3 is 5.97 Å². The van der Waals surface area contributed by atoms with Gasteiger partial charge in [0.05, 0.1) is 12.5 Å². The van der Waals surface area contributed by atoms with Gasteiger partial charge in [0.25, 0.3) is 0 Å². The van der Waals surface area contributed by atoms with Crippen LogP contribution in [0.15, 0.2) is 42.5 Å². The molecule has 0 aromatic heterocycles. The van der Waals surface area contributed by atoms with Crippen LogP contribution < -0.4 is 9.47 Å². The zero-order chi connectivity index (χ0) is 19.8. The van der Waals surface area contributed by atoms with E-state index < -0.39 is 17.9 Å². The van der Waals surface area contributed by atoms with Gasteiger partial charge in [0.2, 0.25) is 6.79 Å². The first kappa shape index (κ1) is 18.3. The number of hydrogen-bond acceptors (Lipinski definition) is 6. The first-order chi connectivity index (χ1) is 13.4. The molecule has 1 saturated heterocycles. The standard InChI is InChI=1S/C21H21NO6/c1-12(23)9-22-10-16(14-4-7-17-18(8-14)28-11-27-17)19(21(25)26)20(22)13-2-5-15(24)6-3-13/h2-8,16,19-20,24H,9-11H2,1H3,(H,25,26)/t16-,19?,20+/m1/s1. The maximum absolute atomic E-state index is 12.3. The monoisotopic (exact) mass is 383 g/mol. The molecule has 28 heavy (non-hydrogen) atoms. The lowest BCUT2D eigenvalue weighted by atomic mass is 9.82. The average molecular weight is 383 g/mol. The second kappa shape index (κ2) is 7.16. The van der Waals surface area contributed by atoms with Crippen molar-refractivity contribution in [1.29, 1.82) is 0 Å². The number of ketones is 1. The molecule has 146 valence electrons. The first-order valence-electron chi connectivity index (χ1n) is 9.09. The fraction of sp³-hybridized carbons (Fsp3) is 0.333. The summed E-state index contributed by atoms with van der Waals surface area (Å²) in [5, 5.41) is 19.7. The fourth-order valence-corrected chi connectivity index (χ4v) is 4.23. The third-order valence-corrected chi connectivity index (χ3v) is 5.37. The third-order valence-electron chi connectivity index (χ3n) is 5.37. The molecule has 7 heteroatoms. The largest absolute Gasteiger partial charge is 0.508 e. The number of likely N-dealkylation sites (tertiary alicyclic amines) is 1. The molecule has 7 nitrogen and oxygen atoms in total. The molecule has 2 heterocycles. The van der Waals surface area contributed by atoms with Crippen molar-refractivity contribution < 1.29 is 29.3 Å². The molecule has 0 bridgehead atoms. The number of ether oxygens (including phenoxy) is 2. The van der Waals surface area contributed by atoms with Crippen molar-refractivity contribution in [1.82, 2.24) is 4.90 Å². The van der Waals surface area contributed by atoms with Crippen LogP contribution in [0.4, 0.5) is 0 Å². The van der Waals surface area contributed by atoms with E-state index >= 15 is 0 Å². The van der Waals surface area contributed by atoms with E-state index in [2.05, 4.69) is 0 Å². The Kier molecular flexibility index (Phi) is 4.68. The van der Waals surface area contributed by atoms with Gasteiger partial charge in [-0.15, -0.1) is 0 Å². The van der Waals surface area contributed by atoms with Gasteiger partial charge in [-0.3, -0.25) is 14.5 Å². The lowest BCUT2D eigenvalue weighted by Gasteiger charge is -2.26. The van der Waals surface area contributed by atoms with Crippen molar-refractivity contribution in [3.8, 4) is 17.2 Å². The van der Waals surface area contributed by atoms with Gasteiger partial charge < -0.3 is 19.7 Å². The van der Waals surface area contributed by atoms with E-state index in [1.54, 1.807) is 18.2 Å². The summed E-state index contributed by atoms with van der Waals surface area (Å²) in [7, 11) is 0. The number of phenols is 1. The van der Waals surface area contributed by atoms with E-state index in [4.69, 9.17) is 9.47 Å². The van der Waals surface area contributed by atoms with Crippen LogP contribution in [-0.2, 0) is 9.59 Å². The van der Waals surface area contributed by atoms with E-state index in [-0.39, 0.29) is 30.8 Å². The Hall–Kier alpha value is -3.06. The molecule has 0 radical (unpaired) electrons. The minimum absolute atomic E-state index is 0.0285. The average Bonchev–Trinajstić information content (AvgIpc) is 3.25. The molecular formula is C21H21NO6. The van der Waals surface area contributed by atoms with Gasteiger partial charge in [0.1, 0.15) is 11.5 Å². The number of nitrogens with zero attached hydrogens (tertiary/aromatic N) is 1. The second-order valence-electron chi connectivity index (χ2n) is 7.25. The number of Topliss-reactive ketones (excluding diaryl/α,β-unsaturated/α-hetero) is 1. The van der Waals surface area contributed by atoms with Crippen LogP contribution in [0.2, 0.25) is 0 Å². The molecule has 2 aromatic carbocycles. The van der Waals surface area contributed by atoms with Gasteiger partial charge in [0, 0.05) is 18.5 Å². The summed E-state index contributed by atoms with van der Waals surface area (Å²) in [6, 6.07) is 11.5. The third kappa shape index (κ3) is 3.29. The molecule has 1 unspecified atom stereocenters. The summed E-state index contributed by atoms with van der Waals surface area (Å²) in [5.74, 6) is -0.656. The normalized spacial score (nSPS) is 23.7. The van der Waals surface area contributed by atoms with Gasteiger partial charge in [-0.2, -0.15) is 0 Å². The SMILES string of the molecule is CC(=O)CN1C[C@H](c2ccc3c(c2)OCO3)C(C(=O)O)[C@@H]1c1ccc(O)cc1. The number of benzene rings is 2. The number of carboxylic acid groups (broad SMARTS) is 1. The molecule has 0 spiro atoms. The van der Waals surface area contributed by atoms with Crippen molar-refractivity contribution in [3.63, 3.8) is 0 Å². The van der Waals surface area contributed by atoms with Crippen molar-refractivity contribution in [2.45, 2.75) is 18.9 Å². The highest BCUT2D eigenvalue weighted by molar-refractivity contribution is 5.78. The maximum Gasteiger partial charge on any atom is 0.309 e. The number of phenolic OH excluding ortho intramolecular Hbond substituents is 1. The van der Waals surface area contributed by atoms with E-state index in [0.29, 0.717) is 18.0 Å². The fourth-order valence-electron chi connectivity index (χ4n) is 4.23.